The van der Waals surface area contributed by atoms with Gasteiger partial charge in [-0.3, -0.25) is 43.2 Å². The number of primary amides is 1. The van der Waals surface area contributed by atoms with Gasteiger partial charge in [0.1, 0.15) is 65.1 Å². The van der Waals surface area contributed by atoms with E-state index < -0.39 is 126 Å². The molecule has 658 valence electrons. The van der Waals surface area contributed by atoms with Gasteiger partial charge in [0.15, 0.2) is 5.78 Å². The molecule has 8 rings (SSSR count). The first-order valence-electron chi connectivity index (χ1n) is 41.6. The number of epoxide rings is 1. The predicted octanol–water partition coefficient (Wildman–Crippen LogP) is 11.3. The summed E-state index contributed by atoms with van der Waals surface area (Å²) in [5.41, 5.74) is 8.70. The summed E-state index contributed by atoms with van der Waals surface area (Å²) < 4.78 is 62.7. The summed E-state index contributed by atoms with van der Waals surface area (Å²) in [5, 5.41) is 20.3. The van der Waals surface area contributed by atoms with Gasteiger partial charge in [0.25, 0.3) is 0 Å². The number of allylic oxidation sites excluding steroid dienone is 3. The number of hydrogen-bond acceptors (Lipinski definition) is 23. The third-order valence-electron chi connectivity index (χ3n) is 22.3. The molecular formula is C91H119ClN6O23. The van der Waals surface area contributed by atoms with Crippen molar-refractivity contribution in [2.75, 3.05) is 102 Å². The predicted molar refractivity (Wildman–Crippen MR) is 451 cm³/mol. The number of nitrogens with one attached hydrogen (secondary N) is 3. The summed E-state index contributed by atoms with van der Waals surface area (Å²) in [4.78, 5) is 150. The van der Waals surface area contributed by atoms with E-state index in [9.17, 15) is 57.8 Å². The molecule has 30 heteroatoms. The quantitative estimate of drug-likeness (QED) is 0.00902. The summed E-state index contributed by atoms with van der Waals surface area (Å²) in [5.74, 6) is -0.628. The zero-order valence-corrected chi connectivity index (χ0v) is 71.9. The molecule has 0 aliphatic carbocycles. The van der Waals surface area contributed by atoms with Gasteiger partial charge in [-0.15, -0.1) is 0 Å². The number of benzene rings is 4. The number of hydrogen-bond donors (Lipinski definition) is 5. The summed E-state index contributed by atoms with van der Waals surface area (Å²) in [6, 6.07) is 23.8. The van der Waals surface area contributed by atoms with Crippen LogP contribution >= 0.6 is 11.6 Å². The Labute approximate surface area is 713 Å². The van der Waals surface area contributed by atoms with E-state index in [0.717, 1.165) is 59.2 Å². The Morgan fingerprint density at radius 2 is 1.40 bits per heavy atom. The van der Waals surface area contributed by atoms with Crippen molar-refractivity contribution in [3.05, 3.63) is 142 Å². The van der Waals surface area contributed by atoms with Crippen molar-refractivity contribution in [3.63, 3.8) is 0 Å². The van der Waals surface area contributed by atoms with Gasteiger partial charge in [0, 0.05) is 100 Å². The number of para-hydroxylation sites is 1. The van der Waals surface area contributed by atoms with Crippen molar-refractivity contribution < 1.29 is 110 Å². The lowest BCUT2D eigenvalue weighted by Gasteiger charge is -2.41. The molecule has 4 heterocycles. The maximum atomic E-state index is 14.5. The molecular weight excluding hydrogens is 1580 g/mol. The highest BCUT2D eigenvalue weighted by molar-refractivity contribution is 6.35. The molecule has 0 spiro atoms. The fourth-order valence-electron chi connectivity index (χ4n) is 14.8. The van der Waals surface area contributed by atoms with Gasteiger partial charge in [-0.2, -0.15) is 0 Å². The fourth-order valence-corrected chi connectivity index (χ4v) is 15.1. The summed E-state index contributed by atoms with van der Waals surface area (Å²) >= 11 is 6.86. The highest BCUT2D eigenvalue weighted by Crippen LogP contribution is 2.50. The second-order valence-electron chi connectivity index (χ2n) is 31.8. The van der Waals surface area contributed by atoms with E-state index in [0.29, 0.717) is 94.4 Å². The van der Waals surface area contributed by atoms with E-state index in [4.69, 9.17) is 69.4 Å². The van der Waals surface area contributed by atoms with Crippen LogP contribution in [0.3, 0.4) is 0 Å². The van der Waals surface area contributed by atoms with E-state index in [2.05, 4.69) is 27.8 Å². The second-order valence-corrected chi connectivity index (χ2v) is 32.2. The Morgan fingerprint density at radius 1 is 0.744 bits per heavy atom. The van der Waals surface area contributed by atoms with Crippen LogP contribution in [0.25, 0.3) is 0 Å². The van der Waals surface area contributed by atoms with Gasteiger partial charge in [-0.25, -0.2) is 9.59 Å². The number of carbonyl (C=O) groups is 11. The number of Topliss-reactive ketones (excluding diaryl/α,β-unsaturated/α-hetero) is 3. The van der Waals surface area contributed by atoms with Crippen molar-refractivity contribution in [3.8, 4) is 17.6 Å². The molecule has 29 nitrogen and oxygen atoms in total. The molecule has 4 aliphatic rings. The van der Waals surface area contributed by atoms with Crippen LogP contribution in [0.4, 0.5) is 26.7 Å². The van der Waals surface area contributed by atoms with Crippen LogP contribution < -0.4 is 36.2 Å². The zero-order chi connectivity index (χ0) is 87.8. The smallest absolute Gasteiger partial charge is 0.495 e. The number of unbranched alkanes of at least 4 members (excludes halogenated alkanes) is 3. The van der Waals surface area contributed by atoms with Gasteiger partial charge in [0.2, 0.25) is 23.6 Å². The average molecular weight is 1700 g/mol. The Morgan fingerprint density at radius 3 is 2.07 bits per heavy atom. The van der Waals surface area contributed by atoms with Crippen molar-refractivity contribution in [1.82, 2.24) is 10.6 Å². The number of anilines is 3. The van der Waals surface area contributed by atoms with Gasteiger partial charge >= 0.3 is 24.1 Å². The van der Waals surface area contributed by atoms with Crippen molar-refractivity contribution in [1.29, 1.82) is 0 Å². The fraction of sp³-hybridized carbons (Fsp3) is 0.549. The lowest BCUT2D eigenvalue weighted by molar-refractivity contribution is -0.187. The van der Waals surface area contributed by atoms with Crippen LogP contribution in [0, 0.1) is 41.4 Å². The van der Waals surface area contributed by atoms with Crippen molar-refractivity contribution in [2.45, 2.75) is 206 Å². The number of ether oxygens (including phenoxy) is 11. The number of nitrogens with two attached hydrogens (primary N) is 1. The van der Waals surface area contributed by atoms with Crippen LogP contribution in [-0.4, -0.2) is 199 Å². The van der Waals surface area contributed by atoms with Gasteiger partial charge in [0.05, 0.1) is 109 Å². The maximum absolute atomic E-state index is 14.5. The number of carbonyl (C=O) groups excluding carboxylic acids is 11. The van der Waals surface area contributed by atoms with E-state index in [1.807, 2.05) is 66.4 Å². The SMILES string of the molecule is COc1cc2cc(c1Cl)N(C)C(=O)C[C@H](OC(=O)[C@H](C)C(C)C(=O)CCOC(=O)OCc1ccc(NC(=O)[C@H](CCCNC(N)=O)CC(=O)[C@@H](NC(=O)CCOCCOCCOCCOCCC(=O)CCCCCCC(=O)N3Cc4ccccc4C#Cc4ccccc43)C(C)C)cc1)[C@]1(C)O[C@H]1[C@H](C)[C@@H]1C[C@@](O)(CC(=O)O1)[C@H](OC)/C=C/C=C(\C)C2. The van der Waals surface area contributed by atoms with E-state index in [1.54, 1.807) is 76.2 Å². The van der Waals surface area contributed by atoms with Gasteiger partial charge in [-0.05, 0) is 111 Å². The molecule has 1 unspecified atom stereocenters. The number of nitrogens with zero attached hydrogens (tertiary/aromatic N) is 2. The number of ketones is 3. The molecule has 4 aromatic rings. The molecule has 2 fully saturated rings. The Balaban J connectivity index is 0.698. The molecule has 0 radical (unpaired) electrons. The molecule has 6 amide bonds. The number of amides is 6. The van der Waals surface area contributed by atoms with Crippen LogP contribution in [-0.2, 0) is 110 Å². The molecule has 6 N–H and O–H groups in total. The second kappa shape index (κ2) is 48.1. The van der Waals surface area contributed by atoms with Crippen LogP contribution in [0.2, 0.25) is 5.02 Å². The highest BCUT2D eigenvalue weighted by Gasteiger charge is 2.64. The molecule has 0 aromatic heterocycles. The number of halogens is 1. The third-order valence-corrected chi connectivity index (χ3v) is 22.7. The Kier molecular flexibility index (Phi) is 38.4. The van der Waals surface area contributed by atoms with Crippen molar-refractivity contribution in [2.24, 2.45) is 35.3 Å². The van der Waals surface area contributed by atoms with E-state index in [-0.39, 0.29) is 99.9 Å². The zero-order valence-electron chi connectivity index (χ0n) is 71.2. The highest BCUT2D eigenvalue weighted by atomic mass is 35.5. The van der Waals surface area contributed by atoms with Crippen LogP contribution in [0.1, 0.15) is 173 Å². The molecule has 4 bridgehead atoms. The first kappa shape index (κ1) is 96.6. The first-order valence-corrected chi connectivity index (χ1v) is 42.0. The van der Waals surface area contributed by atoms with E-state index >= 15 is 0 Å². The Bertz CT molecular complexity index is 4350. The largest absolute Gasteiger partial charge is 0.508 e. The molecule has 0 saturated carbocycles. The third kappa shape index (κ3) is 29.7. The number of aliphatic hydroxyl groups is 1. The molecule has 11 atom stereocenters. The Hall–Kier alpha value is -9.90. The first-order chi connectivity index (χ1) is 57.9. The topological polar surface area (TPSA) is 381 Å². The van der Waals surface area contributed by atoms with Crippen LogP contribution in [0.15, 0.2) is 109 Å². The minimum Gasteiger partial charge on any atom is -0.495 e. The molecule has 4 aliphatic heterocycles. The monoisotopic (exact) mass is 1700 g/mol. The van der Waals surface area contributed by atoms with Crippen LogP contribution in [0.5, 0.6) is 5.75 Å². The molecule has 121 heavy (non-hydrogen) atoms. The van der Waals surface area contributed by atoms with E-state index in [1.165, 1.54) is 40.0 Å². The normalized spacial score (nSPS) is 21.2. The number of methoxy groups -OCH3 is 2. The lowest BCUT2D eigenvalue weighted by atomic mass is 9.78. The average Bonchev–Trinajstić information content (AvgIpc) is 1.56. The maximum Gasteiger partial charge on any atom is 0.508 e. The number of esters is 2. The number of fused-ring (bicyclic) bond motifs is 7. The summed E-state index contributed by atoms with van der Waals surface area (Å²) in [6.07, 6.45) is 4.29. The molecule has 2 saturated heterocycles. The van der Waals surface area contributed by atoms with Crippen molar-refractivity contribution >= 4 is 93.8 Å². The summed E-state index contributed by atoms with van der Waals surface area (Å²) in [7, 11) is 4.43. The van der Waals surface area contributed by atoms with Gasteiger partial charge in [-0.1, -0.05) is 137 Å². The number of rotatable bonds is 44. The standard InChI is InChI=1S/C91H119ClN6O23/c1-58(2)84(96-79(102)38-41-114-44-46-116-48-47-115-45-43-113-40-36-70(99)26-13-11-12-14-29-80(103)98-56-68-24-16-15-22-65(68)32-33-66-23-17-18-27-71(66)98)74(101)52-67(25-20-39-94-88(93)108)86(106)95-69-34-30-63(31-35-69)57-118-89(109)117-42-37-73(100)60(4)61(5)87(107)120-78-53-81(104)97(8)72-50-64(51-75(111-9)83(72)92)49-59(3)21-19-28-77(112-10)91(110)54-76(119-82(105)55-91)62(6)85-90(78,7)121-85/h15-19,21-24,27-28,30-31,34-35,50-51,58,60-62,67,76-78,84-85,110H,11-14,20,25-26,29,36-49,52-57H2,1-10H3,(H,95,106)(H,96,102)(H3,93,94,108)/b28-19+,59-21+/t60?,61-,62-,67-,76+,77-,78+,84+,85+,90+,91-/m1/s1. The minimum absolute atomic E-state index is 0.0203. The minimum atomic E-state index is -1.67. The number of urea groups is 1. The van der Waals surface area contributed by atoms with Gasteiger partial charge < -0.3 is 88.7 Å². The lowest BCUT2D eigenvalue weighted by Crippen LogP contribution is -2.53. The summed E-state index contributed by atoms with van der Waals surface area (Å²) in [6.45, 7) is 14.0. The molecule has 4 aromatic carbocycles.